The van der Waals surface area contributed by atoms with Crippen LogP contribution >= 0.6 is 22.7 Å². The van der Waals surface area contributed by atoms with Crippen molar-refractivity contribution in [2.45, 2.75) is 13.5 Å². The maximum atomic E-state index is 13.4. The van der Waals surface area contributed by atoms with Gasteiger partial charge >= 0.3 is 0 Å². The Balaban J connectivity index is 1.66. The van der Waals surface area contributed by atoms with Crippen LogP contribution in [0.5, 0.6) is 0 Å². The third-order valence-corrected chi connectivity index (χ3v) is 5.76. The van der Waals surface area contributed by atoms with Crippen molar-refractivity contribution in [3.05, 3.63) is 69.6 Å². The van der Waals surface area contributed by atoms with Crippen molar-refractivity contribution in [1.29, 1.82) is 0 Å². The van der Waals surface area contributed by atoms with Gasteiger partial charge in [0.05, 0.1) is 23.4 Å². The molecule has 9 heteroatoms. The Morgan fingerprint density at radius 3 is 2.61 bits per heavy atom. The summed E-state index contributed by atoms with van der Waals surface area (Å²) in [5, 5.41) is 9.44. The molecule has 6 nitrogen and oxygen atoms in total. The molecule has 0 radical (unpaired) electrons. The zero-order chi connectivity index (χ0) is 19.7. The van der Waals surface area contributed by atoms with Gasteiger partial charge in [0.1, 0.15) is 16.5 Å². The molecule has 3 heterocycles. The predicted octanol–water partition coefficient (Wildman–Crippen LogP) is 4.29. The van der Waals surface area contributed by atoms with Gasteiger partial charge < -0.3 is 4.90 Å². The van der Waals surface area contributed by atoms with Gasteiger partial charge in [-0.3, -0.25) is 9.48 Å². The summed E-state index contributed by atoms with van der Waals surface area (Å²) in [6.07, 6.45) is 3.56. The van der Waals surface area contributed by atoms with Gasteiger partial charge in [-0.2, -0.15) is 5.10 Å². The van der Waals surface area contributed by atoms with E-state index in [4.69, 9.17) is 0 Å². The third kappa shape index (κ3) is 3.85. The molecule has 4 aromatic rings. The summed E-state index contributed by atoms with van der Waals surface area (Å²) in [7, 11) is 1.83. The van der Waals surface area contributed by atoms with Crippen LogP contribution in [0.1, 0.15) is 21.2 Å². The first-order valence-electron chi connectivity index (χ1n) is 8.42. The molecule has 0 fully saturated rings. The zero-order valence-corrected chi connectivity index (χ0v) is 16.8. The van der Waals surface area contributed by atoms with Crippen LogP contribution in [0.2, 0.25) is 0 Å². The standard InChI is InChI=1S/C19H16FN5OS2/c1-12-22-15(10-27-12)9-25(16-5-3-14(20)4-6-16)19(26)17-11-28-18(23-17)13-7-21-24(2)8-13/h3-8,10-11H,9H2,1-2H3. The molecule has 0 bridgehead atoms. The second-order valence-corrected chi connectivity index (χ2v) is 8.09. The molecule has 0 spiro atoms. The number of hydrogen-bond donors (Lipinski definition) is 0. The number of aryl methyl sites for hydroxylation is 2. The maximum absolute atomic E-state index is 13.4. The normalized spacial score (nSPS) is 11.0. The van der Waals surface area contributed by atoms with Crippen LogP contribution in [0.25, 0.3) is 10.6 Å². The highest BCUT2D eigenvalue weighted by Gasteiger charge is 2.22. The monoisotopic (exact) mass is 413 g/mol. The topological polar surface area (TPSA) is 63.9 Å². The summed E-state index contributed by atoms with van der Waals surface area (Å²) < 4.78 is 15.1. The Labute approximate surface area is 168 Å². The molecule has 28 heavy (non-hydrogen) atoms. The number of benzene rings is 1. The van der Waals surface area contributed by atoms with Crippen LogP contribution in [0.15, 0.2) is 47.4 Å². The molecule has 0 atom stereocenters. The van der Waals surface area contributed by atoms with Crippen molar-refractivity contribution < 1.29 is 9.18 Å². The molecular formula is C19H16FN5OS2. The van der Waals surface area contributed by atoms with E-state index in [1.54, 1.807) is 33.3 Å². The van der Waals surface area contributed by atoms with Crippen LogP contribution in [-0.4, -0.2) is 25.7 Å². The molecule has 3 aromatic heterocycles. The first kappa shape index (κ1) is 18.5. The number of carbonyl (C=O) groups is 1. The number of rotatable bonds is 5. The number of anilines is 1. The second kappa shape index (κ2) is 7.61. The van der Waals surface area contributed by atoms with Crippen molar-refractivity contribution >= 4 is 34.3 Å². The summed E-state index contributed by atoms with van der Waals surface area (Å²) in [5.74, 6) is -0.614. The molecule has 0 saturated heterocycles. The summed E-state index contributed by atoms with van der Waals surface area (Å²) in [6, 6.07) is 5.84. The van der Waals surface area contributed by atoms with Gasteiger partial charge in [0.25, 0.3) is 5.91 Å². The van der Waals surface area contributed by atoms with E-state index in [2.05, 4.69) is 15.1 Å². The van der Waals surface area contributed by atoms with Gasteiger partial charge in [-0.05, 0) is 31.2 Å². The van der Waals surface area contributed by atoms with Crippen molar-refractivity contribution in [2.24, 2.45) is 7.05 Å². The van der Waals surface area contributed by atoms with E-state index in [9.17, 15) is 9.18 Å². The highest BCUT2D eigenvalue weighted by Crippen LogP contribution is 2.26. The quantitative estimate of drug-likeness (QED) is 0.489. The summed E-state index contributed by atoms with van der Waals surface area (Å²) in [5.41, 5.74) is 2.56. The van der Waals surface area contributed by atoms with Crippen molar-refractivity contribution in [2.75, 3.05) is 4.90 Å². The Morgan fingerprint density at radius 2 is 1.96 bits per heavy atom. The Kier molecular flexibility index (Phi) is 5.01. The van der Waals surface area contributed by atoms with E-state index >= 15 is 0 Å². The lowest BCUT2D eigenvalue weighted by atomic mass is 10.2. The first-order chi connectivity index (χ1) is 13.5. The summed E-state index contributed by atoms with van der Waals surface area (Å²) in [4.78, 5) is 23.7. The van der Waals surface area contributed by atoms with Crippen LogP contribution in [0.3, 0.4) is 0 Å². The number of nitrogens with zero attached hydrogens (tertiary/aromatic N) is 5. The molecular weight excluding hydrogens is 397 g/mol. The van der Waals surface area contributed by atoms with Crippen LogP contribution in [0, 0.1) is 12.7 Å². The predicted molar refractivity (Wildman–Crippen MR) is 108 cm³/mol. The van der Waals surface area contributed by atoms with E-state index in [1.165, 1.54) is 34.8 Å². The number of amides is 1. The minimum absolute atomic E-state index is 0.261. The highest BCUT2D eigenvalue weighted by molar-refractivity contribution is 7.13. The van der Waals surface area contributed by atoms with Gasteiger partial charge in [-0.1, -0.05) is 0 Å². The minimum atomic E-state index is -0.354. The fourth-order valence-electron chi connectivity index (χ4n) is 2.72. The number of thiazole rings is 2. The number of halogens is 1. The first-order valence-corrected chi connectivity index (χ1v) is 10.2. The Morgan fingerprint density at radius 1 is 1.18 bits per heavy atom. The van der Waals surface area contributed by atoms with Crippen molar-refractivity contribution in [3.63, 3.8) is 0 Å². The van der Waals surface area contributed by atoms with E-state index in [0.717, 1.165) is 21.3 Å². The fraction of sp³-hybridized carbons (Fsp3) is 0.158. The van der Waals surface area contributed by atoms with Gasteiger partial charge in [-0.25, -0.2) is 14.4 Å². The Hall–Kier alpha value is -2.91. The molecule has 0 aliphatic heterocycles. The summed E-state index contributed by atoms with van der Waals surface area (Å²) >= 11 is 2.91. The number of aromatic nitrogens is 4. The zero-order valence-electron chi connectivity index (χ0n) is 15.2. The van der Waals surface area contributed by atoms with E-state index in [0.29, 0.717) is 11.4 Å². The lowest BCUT2D eigenvalue weighted by Gasteiger charge is -2.21. The van der Waals surface area contributed by atoms with Gasteiger partial charge in [0.2, 0.25) is 0 Å². The van der Waals surface area contributed by atoms with Crippen molar-refractivity contribution in [1.82, 2.24) is 19.7 Å². The molecule has 0 N–H and O–H groups in total. The average molecular weight is 414 g/mol. The van der Waals surface area contributed by atoms with E-state index in [1.807, 2.05) is 25.5 Å². The fourth-order valence-corrected chi connectivity index (χ4v) is 4.09. The second-order valence-electron chi connectivity index (χ2n) is 6.17. The number of carbonyl (C=O) groups excluding carboxylic acids is 1. The Bertz CT molecular complexity index is 1120. The number of hydrogen-bond acceptors (Lipinski definition) is 6. The molecule has 1 aromatic carbocycles. The smallest absolute Gasteiger partial charge is 0.278 e. The maximum Gasteiger partial charge on any atom is 0.278 e. The molecule has 4 rings (SSSR count). The lowest BCUT2D eigenvalue weighted by molar-refractivity contribution is 0.0980. The van der Waals surface area contributed by atoms with E-state index in [-0.39, 0.29) is 18.3 Å². The molecule has 0 aliphatic rings. The van der Waals surface area contributed by atoms with Crippen LogP contribution < -0.4 is 4.90 Å². The average Bonchev–Trinajstić information content (AvgIpc) is 3.41. The van der Waals surface area contributed by atoms with Crippen LogP contribution in [0.4, 0.5) is 10.1 Å². The van der Waals surface area contributed by atoms with Gasteiger partial charge in [0.15, 0.2) is 0 Å². The molecule has 142 valence electrons. The van der Waals surface area contributed by atoms with E-state index < -0.39 is 0 Å². The molecule has 0 saturated carbocycles. The highest BCUT2D eigenvalue weighted by atomic mass is 32.1. The summed E-state index contributed by atoms with van der Waals surface area (Å²) in [6.45, 7) is 2.20. The van der Waals surface area contributed by atoms with Gasteiger partial charge in [0, 0.05) is 35.3 Å². The lowest BCUT2D eigenvalue weighted by Crippen LogP contribution is -2.30. The van der Waals surface area contributed by atoms with Gasteiger partial charge in [-0.15, -0.1) is 22.7 Å². The molecule has 0 aliphatic carbocycles. The largest absolute Gasteiger partial charge is 0.301 e. The third-order valence-electron chi connectivity index (χ3n) is 4.05. The van der Waals surface area contributed by atoms with Crippen LogP contribution in [-0.2, 0) is 13.6 Å². The SMILES string of the molecule is Cc1nc(CN(C(=O)c2csc(-c3cnn(C)c3)n2)c2ccc(F)cc2)cs1. The molecule has 0 unspecified atom stereocenters. The minimum Gasteiger partial charge on any atom is -0.301 e. The van der Waals surface area contributed by atoms with Crippen molar-refractivity contribution in [3.8, 4) is 10.6 Å². The molecule has 1 amide bonds.